The molecule has 0 aromatic heterocycles. The topological polar surface area (TPSA) is 18.5 Å². The van der Waals surface area contributed by atoms with E-state index >= 15 is 0 Å². The average Bonchev–Trinajstić information content (AvgIpc) is 2.84. The van der Waals surface area contributed by atoms with E-state index in [1.165, 1.54) is 10.4 Å². The Morgan fingerprint density at radius 3 is 1.86 bits per heavy atom. The van der Waals surface area contributed by atoms with Crippen LogP contribution in [0, 0.1) is 0 Å². The van der Waals surface area contributed by atoms with Gasteiger partial charge in [0.05, 0.1) is 11.2 Å². The summed E-state index contributed by atoms with van der Waals surface area (Å²) in [6.45, 7) is 15.4. The minimum atomic E-state index is -1.92. The maximum atomic E-state index is 6.47. The maximum absolute atomic E-state index is 6.47. The second kappa shape index (κ2) is 7.49. The number of allylic oxidation sites excluding steroid dienone is 1. The van der Waals surface area contributed by atoms with Crippen molar-refractivity contribution in [2.24, 2.45) is 0 Å². The SMILES string of the molecule is C/C(=C(\B1OC(C)(C)C(C)(C)O1)c1ccc(Cl)cc1)[Si](C)(C)c1ccccc1. The lowest BCUT2D eigenvalue weighted by Crippen LogP contribution is -2.44. The number of hydrogen-bond donors (Lipinski definition) is 0. The zero-order chi connectivity index (χ0) is 20.7. The summed E-state index contributed by atoms with van der Waals surface area (Å²) < 4.78 is 12.9. The minimum Gasteiger partial charge on any atom is -0.399 e. The summed E-state index contributed by atoms with van der Waals surface area (Å²) in [7, 11) is -2.32. The Morgan fingerprint density at radius 2 is 1.36 bits per heavy atom. The van der Waals surface area contributed by atoms with E-state index in [0.29, 0.717) is 0 Å². The van der Waals surface area contributed by atoms with Gasteiger partial charge in [-0.05, 0) is 57.8 Å². The molecule has 0 aliphatic carbocycles. The molecule has 1 saturated heterocycles. The molecule has 0 amide bonds. The third kappa shape index (κ3) is 3.88. The fourth-order valence-corrected chi connectivity index (χ4v) is 6.05. The van der Waals surface area contributed by atoms with Crippen LogP contribution in [0.2, 0.25) is 18.1 Å². The van der Waals surface area contributed by atoms with E-state index in [-0.39, 0.29) is 11.2 Å². The van der Waals surface area contributed by atoms with Crippen molar-refractivity contribution in [1.29, 1.82) is 0 Å². The third-order valence-electron chi connectivity index (χ3n) is 6.48. The Morgan fingerprint density at radius 1 is 0.857 bits per heavy atom. The molecular formula is C23H30BClO2Si. The largest absolute Gasteiger partial charge is 0.495 e. The first-order valence-electron chi connectivity index (χ1n) is 9.84. The smallest absolute Gasteiger partial charge is 0.399 e. The monoisotopic (exact) mass is 412 g/mol. The molecule has 0 N–H and O–H groups in total. The van der Waals surface area contributed by atoms with Gasteiger partial charge in [0.1, 0.15) is 8.07 Å². The Balaban J connectivity index is 2.16. The summed E-state index contributed by atoms with van der Waals surface area (Å²) >= 11 is 6.16. The van der Waals surface area contributed by atoms with Gasteiger partial charge in [-0.1, -0.05) is 77.5 Å². The van der Waals surface area contributed by atoms with Crippen LogP contribution in [0.3, 0.4) is 0 Å². The summed E-state index contributed by atoms with van der Waals surface area (Å²) in [6, 6.07) is 18.8. The molecule has 1 aliphatic heterocycles. The molecule has 1 aliphatic rings. The minimum absolute atomic E-state index is 0.381. The van der Waals surface area contributed by atoms with Crippen LogP contribution in [-0.2, 0) is 9.31 Å². The maximum Gasteiger partial charge on any atom is 0.495 e. The lowest BCUT2D eigenvalue weighted by molar-refractivity contribution is 0.00578. The fraction of sp³-hybridized carbons (Fsp3) is 0.391. The van der Waals surface area contributed by atoms with E-state index in [0.717, 1.165) is 16.1 Å². The highest BCUT2D eigenvalue weighted by Crippen LogP contribution is 2.42. The molecular weight excluding hydrogens is 383 g/mol. The summed E-state index contributed by atoms with van der Waals surface area (Å²) in [5, 5.41) is 3.49. The summed E-state index contributed by atoms with van der Waals surface area (Å²) in [5.74, 6) is 0. The van der Waals surface area contributed by atoms with Gasteiger partial charge in [-0.3, -0.25) is 0 Å². The van der Waals surface area contributed by atoms with Crippen LogP contribution < -0.4 is 5.19 Å². The predicted molar refractivity (Wildman–Crippen MR) is 124 cm³/mol. The van der Waals surface area contributed by atoms with Crippen LogP contribution in [0.15, 0.2) is 59.8 Å². The molecule has 0 radical (unpaired) electrons. The van der Waals surface area contributed by atoms with Crippen LogP contribution in [0.25, 0.3) is 5.47 Å². The number of halogens is 1. The molecule has 2 nitrogen and oxygen atoms in total. The number of hydrogen-bond acceptors (Lipinski definition) is 2. The average molecular weight is 413 g/mol. The Kier molecular flexibility index (Phi) is 5.72. The van der Waals surface area contributed by atoms with Crippen LogP contribution in [-0.4, -0.2) is 26.4 Å². The second-order valence-electron chi connectivity index (χ2n) is 9.12. The normalized spacial score (nSPS) is 19.5. The van der Waals surface area contributed by atoms with Gasteiger partial charge in [0.2, 0.25) is 0 Å². The molecule has 1 fully saturated rings. The van der Waals surface area contributed by atoms with E-state index in [1.54, 1.807) is 0 Å². The second-order valence-corrected chi connectivity index (χ2v) is 14.1. The van der Waals surface area contributed by atoms with Gasteiger partial charge < -0.3 is 9.31 Å². The van der Waals surface area contributed by atoms with Gasteiger partial charge in [0.25, 0.3) is 0 Å². The van der Waals surface area contributed by atoms with Gasteiger partial charge in [-0.2, -0.15) is 0 Å². The van der Waals surface area contributed by atoms with Crippen molar-refractivity contribution in [3.63, 3.8) is 0 Å². The molecule has 0 bridgehead atoms. The van der Waals surface area contributed by atoms with Crippen LogP contribution in [0.1, 0.15) is 40.2 Å². The molecule has 5 heteroatoms. The van der Waals surface area contributed by atoms with Crippen molar-refractivity contribution in [3.05, 3.63) is 70.4 Å². The van der Waals surface area contributed by atoms with Crippen LogP contribution >= 0.6 is 11.6 Å². The quantitative estimate of drug-likeness (QED) is 0.582. The van der Waals surface area contributed by atoms with E-state index in [1.807, 2.05) is 12.1 Å². The first-order chi connectivity index (χ1) is 13.0. The molecule has 0 atom stereocenters. The predicted octanol–water partition coefficient (Wildman–Crippen LogP) is 5.90. The first-order valence-corrected chi connectivity index (χ1v) is 13.2. The third-order valence-corrected chi connectivity index (χ3v) is 10.7. The molecule has 28 heavy (non-hydrogen) atoms. The lowest BCUT2D eigenvalue weighted by atomic mass is 9.73. The van der Waals surface area contributed by atoms with Crippen molar-refractivity contribution < 1.29 is 9.31 Å². The standard InChI is InChI=1S/C23H30BClO2Si/c1-17(28(6,7)20-11-9-8-10-12-20)21(18-13-15-19(25)16-14-18)24-26-22(2,3)23(4,5)27-24/h8-16H,1-7H3/b21-17+. The van der Waals surface area contributed by atoms with Crippen molar-refractivity contribution in [2.75, 3.05) is 0 Å². The summed E-state index contributed by atoms with van der Waals surface area (Å²) in [4.78, 5) is 0. The van der Waals surface area contributed by atoms with E-state index in [9.17, 15) is 0 Å². The van der Waals surface area contributed by atoms with Crippen molar-refractivity contribution in [2.45, 2.75) is 58.9 Å². The van der Waals surface area contributed by atoms with Crippen molar-refractivity contribution in [3.8, 4) is 0 Å². The zero-order valence-electron chi connectivity index (χ0n) is 18.0. The highest BCUT2D eigenvalue weighted by Gasteiger charge is 2.53. The van der Waals surface area contributed by atoms with Crippen LogP contribution in [0.5, 0.6) is 0 Å². The van der Waals surface area contributed by atoms with Gasteiger partial charge in [0, 0.05) is 5.02 Å². The Labute approximate surface area is 176 Å². The van der Waals surface area contributed by atoms with E-state index in [2.05, 4.69) is 90.2 Å². The molecule has 2 aromatic carbocycles. The summed E-state index contributed by atoms with van der Waals surface area (Å²) in [5.41, 5.74) is 1.48. The summed E-state index contributed by atoms with van der Waals surface area (Å²) in [6.07, 6.45) is 0. The molecule has 0 saturated carbocycles. The molecule has 3 rings (SSSR count). The lowest BCUT2D eigenvalue weighted by Gasteiger charge is -2.32. The molecule has 148 valence electrons. The van der Waals surface area contributed by atoms with E-state index < -0.39 is 15.2 Å². The van der Waals surface area contributed by atoms with E-state index in [4.69, 9.17) is 20.9 Å². The molecule has 0 unspecified atom stereocenters. The highest BCUT2D eigenvalue weighted by atomic mass is 35.5. The van der Waals surface area contributed by atoms with Gasteiger partial charge in [-0.15, -0.1) is 0 Å². The zero-order valence-corrected chi connectivity index (χ0v) is 19.7. The Hall–Kier alpha value is -1.33. The first kappa shape index (κ1) is 21.4. The number of rotatable bonds is 4. The number of benzene rings is 2. The Bertz CT molecular complexity index is 857. The van der Waals surface area contributed by atoms with Gasteiger partial charge >= 0.3 is 7.12 Å². The highest BCUT2D eigenvalue weighted by molar-refractivity contribution is 6.98. The molecule has 0 spiro atoms. The molecule has 2 aromatic rings. The molecule has 1 heterocycles. The van der Waals surface area contributed by atoms with Crippen molar-refractivity contribution in [1.82, 2.24) is 0 Å². The van der Waals surface area contributed by atoms with Crippen LogP contribution in [0.4, 0.5) is 0 Å². The van der Waals surface area contributed by atoms with Crippen molar-refractivity contribution >= 4 is 37.5 Å². The van der Waals surface area contributed by atoms with Gasteiger partial charge in [0.15, 0.2) is 0 Å². The van der Waals surface area contributed by atoms with Gasteiger partial charge in [-0.25, -0.2) is 0 Å². The fourth-order valence-electron chi connectivity index (χ4n) is 3.53.